The van der Waals surface area contributed by atoms with Gasteiger partial charge in [-0.15, -0.1) is 0 Å². The van der Waals surface area contributed by atoms with Crippen molar-refractivity contribution in [1.82, 2.24) is 9.80 Å². The van der Waals surface area contributed by atoms with E-state index in [1.165, 1.54) is 6.42 Å². The van der Waals surface area contributed by atoms with E-state index in [4.69, 9.17) is 5.73 Å². The van der Waals surface area contributed by atoms with Crippen molar-refractivity contribution in [1.29, 1.82) is 5.26 Å². The largest absolute Gasteiger partial charge is 0.310 e. The van der Waals surface area contributed by atoms with Gasteiger partial charge in [-0.25, -0.2) is 0 Å². The summed E-state index contributed by atoms with van der Waals surface area (Å²) in [6.07, 6.45) is 1.86. The Bertz CT molecular complexity index is 453. The second kappa shape index (κ2) is 6.85. The van der Waals surface area contributed by atoms with E-state index in [1.54, 1.807) is 0 Å². The Morgan fingerprint density at radius 1 is 1.20 bits per heavy atom. The number of rotatable bonds is 4. The normalized spacial score (nSPS) is 20.9. The Morgan fingerprint density at radius 3 is 2.65 bits per heavy atom. The lowest BCUT2D eigenvalue weighted by Crippen LogP contribution is -2.40. The van der Waals surface area contributed by atoms with Crippen LogP contribution >= 0.6 is 0 Å². The van der Waals surface area contributed by atoms with Crippen LogP contribution in [-0.4, -0.2) is 49.6 Å². The van der Waals surface area contributed by atoms with E-state index >= 15 is 0 Å². The highest BCUT2D eigenvalue weighted by Gasteiger charge is 2.27. The lowest BCUT2D eigenvalue weighted by Gasteiger charge is -2.27. The van der Waals surface area contributed by atoms with Crippen molar-refractivity contribution in [2.24, 2.45) is 5.73 Å². The van der Waals surface area contributed by atoms with Crippen molar-refractivity contribution in [3.63, 3.8) is 0 Å². The van der Waals surface area contributed by atoms with Crippen LogP contribution in [0, 0.1) is 11.3 Å². The first-order valence-corrected chi connectivity index (χ1v) is 7.30. The average Bonchev–Trinajstić information content (AvgIpc) is 2.70. The summed E-state index contributed by atoms with van der Waals surface area (Å²) in [6.45, 7) is 5.29. The Labute approximate surface area is 121 Å². The minimum Gasteiger partial charge on any atom is -0.310 e. The summed E-state index contributed by atoms with van der Waals surface area (Å²) in [5.74, 6) is 0. The maximum Gasteiger partial charge on any atom is 0.131 e. The standard InChI is InChI=1S/C16H24N4/c1-19-9-5-10-20(13-12-19)11-8-16(18,14-17)15-6-3-2-4-7-15/h2-4,6-7H,5,8-13,18H2,1H3. The molecule has 108 valence electrons. The number of nitriles is 1. The summed E-state index contributed by atoms with van der Waals surface area (Å²) in [6, 6.07) is 12.0. The van der Waals surface area contributed by atoms with Gasteiger partial charge in [0.05, 0.1) is 6.07 Å². The van der Waals surface area contributed by atoms with Gasteiger partial charge >= 0.3 is 0 Å². The van der Waals surface area contributed by atoms with Crippen molar-refractivity contribution in [2.45, 2.75) is 18.4 Å². The Hall–Kier alpha value is -1.41. The van der Waals surface area contributed by atoms with Crippen molar-refractivity contribution in [2.75, 3.05) is 39.8 Å². The van der Waals surface area contributed by atoms with Gasteiger partial charge in [0.25, 0.3) is 0 Å². The first kappa shape index (κ1) is 15.0. The second-order valence-corrected chi connectivity index (χ2v) is 5.70. The van der Waals surface area contributed by atoms with Crippen molar-refractivity contribution >= 4 is 0 Å². The molecule has 20 heavy (non-hydrogen) atoms. The molecule has 1 heterocycles. The molecular weight excluding hydrogens is 248 g/mol. The van der Waals surface area contributed by atoms with Crippen LogP contribution in [0.4, 0.5) is 0 Å². The van der Waals surface area contributed by atoms with Crippen molar-refractivity contribution in [3.8, 4) is 6.07 Å². The summed E-state index contributed by atoms with van der Waals surface area (Å²) in [5.41, 5.74) is 6.34. The van der Waals surface area contributed by atoms with Gasteiger partial charge < -0.3 is 15.5 Å². The molecule has 4 heteroatoms. The van der Waals surface area contributed by atoms with E-state index in [2.05, 4.69) is 22.9 Å². The van der Waals surface area contributed by atoms with Gasteiger partial charge in [0.15, 0.2) is 0 Å². The van der Waals surface area contributed by atoms with Crippen LogP contribution in [0.3, 0.4) is 0 Å². The van der Waals surface area contributed by atoms with Gasteiger partial charge in [0, 0.05) is 19.6 Å². The Kier molecular flexibility index (Phi) is 5.13. The van der Waals surface area contributed by atoms with Crippen molar-refractivity contribution in [3.05, 3.63) is 35.9 Å². The van der Waals surface area contributed by atoms with Gasteiger partial charge in [0.1, 0.15) is 5.54 Å². The molecule has 1 unspecified atom stereocenters. The van der Waals surface area contributed by atoms with Crippen LogP contribution in [-0.2, 0) is 5.54 Å². The molecule has 0 saturated carbocycles. The molecule has 1 fully saturated rings. The minimum absolute atomic E-state index is 0.678. The fourth-order valence-corrected chi connectivity index (χ4v) is 2.66. The number of nitrogens with two attached hydrogens (primary N) is 1. The smallest absolute Gasteiger partial charge is 0.131 e. The molecule has 1 aliphatic heterocycles. The fourth-order valence-electron chi connectivity index (χ4n) is 2.66. The zero-order valence-electron chi connectivity index (χ0n) is 12.3. The van der Waals surface area contributed by atoms with E-state index in [9.17, 15) is 5.26 Å². The molecule has 1 aromatic carbocycles. The number of benzene rings is 1. The van der Waals surface area contributed by atoms with Crippen LogP contribution in [0.15, 0.2) is 30.3 Å². The van der Waals surface area contributed by atoms with Crippen LogP contribution in [0.25, 0.3) is 0 Å². The number of hydrogen-bond donors (Lipinski definition) is 1. The van der Waals surface area contributed by atoms with Crippen molar-refractivity contribution < 1.29 is 0 Å². The molecule has 4 nitrogen and oxygen atoms in total. The zero-order valence-corrected chi connectivity index (χ0v) is 12.3. The van der Waals surface area contributed by atoms with Gasteiger partial charge in [-0.3, -0.25) is 0 Å². The topological polar surface area (TPSA) is 56.3 Å². The third kappa shape index (κ3) is 3.80. The van der Waals surface area contributed by atoms with Crippen LogP contribution in [0.2, 0.25) is 0 Å². The van der Waals surface area contributed by atoms with Crippen LogP contribution in [0.1, 0.15) is 18.4 Å². The van der Waals surface area contributed by atoms with Gasteiger partial charge in [-0.1, -0.05) is 30.3 Å². The Morgan fingerprint density at radius 2 is 1.95 bits per heavy atom. The molecule has 0 radical (unpaired) electrons. The van der Waals surface area contributed by atoms with E-state index in [1.807, 2.05) is 30.3 Å². The molecular formula is C16H24N4. The van der Waals surface area contributed by atoms with Gasteiger partial charge in [-0.2, -0.15) is 5.26 Å². The highest BCUT2D eigenvalue weighted by atomic mass is 15.2. The monoisotopic (exact) mass is 272 g/mol. The van der Waals surface area contributed by atoms with E-state index < -0.39 is 5.54 Å². The Balaban J connectivity index is 1.96. The first-order valence-electron chi connectivity index (χ1n) is 7.30. The van der Waals surface area contributed by atoms with E-state index in [0.29, 0.717) is 6.42 Å². The highest BCUT2D eigenvalue weighted by Crippen LogP contribution is 2.21. The summed E-state index contributed by atoms with van der Waals surface area (Å²) in [4.78, 5) is 4.78. The summed E-state index contributed by atoms with van der Waals surface area (Å²) in [5, 5.41) is 9.46. The number of likely N-dealkylation sites (N-methyl/N-ethyl adjacent to an activating group) is 1. The molecule has 1 aliphatic rings. The summed E-state index contributed by atoms with van der Waals surface area (Å²) >= 11 is 0. The maximum absolute atomic E-state index is 9.46. The summed E-state index contributed by atoms with van der Waals surface area (Å²) in [7, 11) is 2.16. The second-order valence-electron chi connectivity index (χ2n) is 5.70. The molecule has 2 N–H and O–H groups in total. The molecule has 1 aromatic rings. The third-order valence-corrected chi connectivity index (χ3v) is 4.12. The lowest BCUT2D eigenvalue weighted by molar-refractivity contribution is 0.257. The predicted molar refractivity (Wildman–Crippen MR) is 81.1 cm³/mol. The number of nitrogens with zero attached hydrogens (tertiary/aromatic N) is 3. The molecule has 1 saturated heterocycles. The van der Waals surface area contributed by atoms with E-state index in [-0.39, 0.29) is 0 Å². The summed E-state index contributed by atoms with van der Waals surface area (Å²) < 4.78 is 0. The number of hydrogen-bond acceptors (Lipinski definition) is 4. The highest BCUT2D eigenvalue weighted by molar-refractivity contribution is 5.30. The maximum atomic E-state index is 9.46. The third-order valence-electron chi connectivity index (χ3n) is 4.12. The quantitative estimate of drug-likeness (QED) is 0.900. The van der Waals surface area contributed by atoms with Crippen LogP contribution in [0.5, 0.6) is 0 Å². The molecule has 1 atom stereocenters. The lowest BCUT2D eigenvalue weighted by atomic mass is 9.89. The molecule has 0 spiro atoms. The molecule has 2 rings (SSSR count). The predicted octanol–water partition coefficient (Wildman–Crippen LogP) is 1.39. The SMILES string of the molecule is CN1CCCN(CCC(N)(C#N)c2ccccc2)CC1. The average molecular weight is 272 g/mol. The minimum atomic E-state index is -0.876. The fraction of sp³-hybridized carbons (Fsp3) is 0.562. The van der Waals surface area contributed by atoms with Gasteiger partial charge in [-0.05, 0) is 38.5 Å². The van der Waals surface area contributed by atoms with Crippen LogP contribution < -0.4 is 5.73 Å². The zero-order chi connectivity index (χ0) is 14.4. The van der Waals surface area contributed by atoms with Gasteiger partial charge in [0.2, 0.25) is 0 Å². The molecule has 0 aliphatic carbocycles. The first-order chi connectivity index (χ1) is 9.64. The molecule has 0 amide bonds. The van der Waals surface area contributed by atoms with E-state index in [0.717, 1.165) is 38.3 Å². The molecule has 0 bridgehead atoms. The molecule has 0 aromatic heterocycles.